The summed E-state index contributed by atoms with van der Waals surface area (Å²) in [4.78, 5) is 11.6. The fourth-order valence-corrected chi connectivity index (χ4v) is 1.05. The van der Waals surface area contributed by atoms with Crippen molar-refractivity contribution in [3.63, 3.8) is 0 Å². The van der Waals surface area contributed by atoms with Crippen LogP contribution in [0.15, 0.2) is 42.2 Å². The predicted octanol–water partition coefficient (Wildman–Crippen LogP) is 2.42. The SMILES string of the molecule is CO/C=C(\C)C(=O)c1ccccc1. The van der Waals surface area contributed by atoms with E-state index in [0.29, 0.717) is 11.1 Å². The first-order chi connectivity index (χ1) is 6.25. The van der Waals surface area contributed by atoms with E-state index in [4.69, 9.17) is 4.74 Å². The Morgan fingerprint density at radius 3 is 2.46 bits per heavy atom. The molecule has 0 aliphatic carbocycles. The van der Waals surface area contributed by atoms with Gasteiger partial charge < -0.3 is 4.74 Å². The molecular weight excluding hydrogens is 164 g/mol. The van der Waals surface area contributed by atoms with Crippen molar-refractivity contribution in [3.8, 4) is 0 Å². The summed E-state index contributed by atoms with van der Waals surface area (Å²) in [6.07, 6.45) is 1.45. The van der Waals surface area contributed by atoms with Gasteiger partial charge in [-0.2, -0.15) is 0 Å². The van der Waals surface area contributed by atoms with Crippen molar-refractivity contribution in [2.75, 3.05) is 7.11 Å². The van der Waals surface area contributed by atoms with E-state index in [2.05, 4.69) is 0 Å². The Morgan fingerprint density at radius 2 is 1.92 bits per heavy atom. The fourth-order valence-electron chi connectivity index (χ4n) is 1.05. The fraction of sp³-hybridized carbons (Fsp3) is 0.182. The number of carbonyl (C=O) groups excluding carboxylic acids is 1. The van der Waals surface area contributed by atoms with Gasteiger partial charge in [0.1, 0.15) is 0 Å². The Balaban J connectivity index is 2.86. The van der Waals surface area contributed by atoms with Crippen molar-refractivity contribution < 1.29 is 9.53 Å². The van der Waals surface area contributed by atoms with Gasteiger partial charge in [-0.05, 0) is 6.92 Å². The molecule has 0 atom stereocenters. The molecule has 0 saturated carbocycles. The Morgan fingerprint density at radius 1 is 1.31 bits per heavy atom. The summed E-state index contributed by atoms with van der Waals surface area (Å²) in [6.45, 7) is 1.73. The minimum atomic E-state index is 0.00227. The highest BCUT2D eigenvalue weighted by molar-refractivity contribution is 6.08. The van der Waals surface area contributed by atoms with Gasteiger partial charge in [-0.15, -0.1) is 0 Å². The van der Waals surface area contributed by atoms with Gasteiger partial charge in [0.2, 0.25) is 0 Å². The highest BCUT2D eigenvalue weighted by Gasteiger charge is 2.06. The summed E-state index contributed by atoms with van der Waals surface area (Å²) in [5.41, 5.74) is 1.29. The number of hydrogen-bond donors (Lipinski definition) is 0. The van der Waals surface area contributed by atoms with E-state index >= 15 is 0 Å². The highest BCUT2D eigenvalue weighted by Crippen LogP contribution is 2.07. The molecular formula is C11H12O2. The van der Waals surface area contributed by atoms with Gasteiger partial charge in [-0.3, -0.25) is 4.79 Å². The third kappa shape index (κ3) is 2.44. The average Bonchev–Trinajstić information content (AvgIpc) is 2.18. The second kappa shape index (κ2) is 4.45. The number of Topliss-reactive ketones (excluding diaryl/α,β-unsaturated/α-hetero) is 1. The number of carbonyl (C=O) groups is 1. The lowest BCUT2D eigenvalue weighted by Crippen LogP contribution is -2.00. The van der Waals surface area contributed by atoms with Crippen LogP contribution in [0, 0.1) is 0 Å². The van der Waals surface area contributed by atoms with Gasteiger partial charge in [0, 0.05) is 11.1 Å². The molecule has 0 bridgehead atoms. The van der Waals surface area contributed by atoms with Crippen molar-refractivity contribution in [2.24, 2.45) is 0 Å². The van der Waals surface area contributed by atoms with Gasteiger partial charge in [0.05, 0.1) is 13.4 Å². The largest absolute Gasteiger partial charge is 0.504 e. The van der Waals surface area contributed by atoms with Crippen molar-refractivity contribution >= 4 is 5.78 Å². The number of hydrogen-bond acceptors (Lipinski definition) is 2. The molecule has 0 heterocycles. The molecule has 0 aliphatic rings. The van der Waals surface area contributed by atoms with Crippen LogP contribution < -0.4 is 0 Å². The zero-order chi connectivity index (χ0) is 9.68. The molecule has 0 amide bonds. The van der Waals surface area contributed by atoms with E-state index in [-0.39, 0.29) is 5.78 Å². The predicted molar refractivity (Wildman–Crippen MR) is 51.5 cm³/mol. The number of methoxy groups -OCH3 is 1. The Hall–Kier alpha value is -1.57. The summed E-state index contributed by atoms with van der Waals surface area (Å²) in [5.74, 6) is 0.00227. The van der Waals surface area contributed by atoms with Crippen molar-refractivity contribution in [3.05, 3.63) is 47.7 Å². The van der Waals surface area contributed by atoms with E-state index in [1.165, 1.54) is 13.4 Å². The Kier molecular flexibility index (Phi) is 3.26. The van der Waals surface area contributed by atoms with E-state index in [1.54, 1.807) is 19.1 Å². The molecule has 0 spiro atoms. The van der Waals surface area contributed by atoms with Crippen LogP contribution >= 0.6 is 0 Å². The number of ether oxygens (including phenoxy) is 1. The summed E-state index contributed by atoms with van der Waals surface area (Å²) in [5, 5.41) is 0. The topological polar surface area (TPSA) is 26.3 Å². The van der Waals surface area contributed by atoms with Crippen LogP contribution in [-0.2, 0) is 4.74 Å². The third-order valence-corrected chi connectivity index (χ3v) is 1.69. The minimum absolute atomic E-state index is 0.00227. The maximum absolute atomic E-state index is 11.6. The van der Waals surface area contributed by atoms with Gasteiger partial charge in [0.15, 0.2) is 5.78 Å². The lowest BCUT2D eigenvalue weighted by atomic mass is 10.1. The van der Waals surface area contributed by atoms with E-state index in [0.717, 1.165) is 0 Å². The van der Waals surface area contributed by atoms with Crippen LogP contribution in [0.2, 0.25) is 0 Å². The van der Waals surface area contributed by atoms with Crippen molar-refractivity contribution in [1.29, 1.82) is 0 Å². The molecule has 2 heteroatoms. The van der Waals surface area contributed by atoms with E-state index in [1.807, 2.05) is 18.2 Å². The molecule has 2 nitrogen and oxygen atoms in total. The van der Waals surface area contributed by atoms with Gasteiger partial charge in [0.25, 0.3) is 0 Å². The van der Waals surface area contributed by atoms with Crippen molar-refractivity contribution in [2.45, 2.75) is 6.92 Å². The van der Waals surface area contributed by atoms with Crippen LogP contribution in [0.4, 0.5) is 0 Å². The molecule has 0 aromatic heterocycles. The summed E-state index contributed by atoms with van der Waals surface area (Å²) in [7, 11) is 1.53. The van der Waals surface area contributed by atoms with E-state index in [9.17, 15) is 4.79 Å². The zero-order valence-corrected chi connectivity index (χ0v) is 7.78. The Labute approximate surface area is 77.8 Å². The quantitative estimate of drug-likeness (QED) is 0.401. The average molecular weight is 176 g/mol. The van der Waals surface area contributed by atoms with Crippen molar-refractivity contribution in [1.82, 2.24) is 0 Å². The maximum atomic E-state index is 11.6. The highest BCUT2D eigenvalue weighted by atomic mass is 16.5. The normalized spacial score (nSPS) is 11.1. The van der Waals surface area contributed by atoms with Crippen LogP contribution in [0.3, 0.4) is 0 Å². The zero-order valence-electron chi connectivity index (χ0n) is 7.78. The standard InChI is InChI=1S/C11H12O2/c1-9(8-13-2)11(12)10-6-4-3-5-7-10/h3-8H,1-2H3/b9-8+. The van der Waals surface area contributed by atoms with E-state index < -0.39 is 0 Å². The minimum Gasteiger partial charge on any atom is -0.504 e. The molecule has 1 aromatic rings. The lowest BCUT2D eigenvalue weighted by Gasteiger charge is -1.99. The molecule has 0 aliphatic heterocycles. The lowest BCUT2D eigenvalue weighted by molar-refractivity contribution is 0.103. The molecule has 0 fully saturated rings. The number of allylic oxidation sites excluding steroid dienone is 1. The molecule has 0 N–H and O–H groups in total. The Bertz CT molecular complexity index is 312. The molecule has 0 radical (unpaired) electrons. The molecule has 68 valence electrons. The first-order valence-corrected chi connectivity index (χ1v) is 4.05. The molecule has 1 rings (SSSR count). The molecule has 13 heavy (non-hydrogen) atoms. The first kappa shape index (κ1) is 9.52. The molecule has 1 aromatic carbocycles. The smallest absolute Gasteiger partial charge is 0.191 e. The van der Waals surface area contributed by atoms with Crippen LogP contribution in [0.25, 0.3) is 0 Å². The second-order valence-corrected chi connectivity index (χ2v) is 2.73. The second-order valence-electron chi connectivity index (χ2n) is 2.73. The summed E-state index contributed by atoms with van der Waals surface area (Å²) >= 11 is 0. The first-order valence-electron chi connectivity index (χ1n) is 4.05. The monoisotopic (exact) mass is 176 g/mol. The number of rotatable bonds is 3. The number of ketones is 1. The molecule has 0 saturated heterocycles. The van der Waals surface area contributed by atoms with Gasteiger partial charge in [-0.25, -0.2) is 0 Å². The number of benzene rings is 1. The van der Waals surface area contributed by atoms with Crippen LogP contribution in [-0.4, -0.2) is 12.9 Å². The maximum Gasteiger partial charge on any atom is 0.191 e. The summed E-state index contributed by atoms with van der Waals surface area (Å²) < 4.78 is 4.76. The van der Waals surface area contributed by atoms with Crippen LogP contribution in [0.5, 0.6) is 0 Å². The summed E-state index contributed by atoms with van der Waals surface area (Å²) in [6, 6.07) is 9.14. The molecule has 0 unspecified atom stereocenters. The van der Waals surface area contributed by atoms with Gasteiger partial charge in [-0.1, -0.05) is 30.3 Å². The van der Waals surface area contributed by atoms with Crippen LogP contribution in [0.1, 0.15) is 17.3 Å². The third-order valence-electron chi connectivity index (χ3n) is 1.69. The van der Waals surface area contributed by atoms with Gasteiger partial charge >= 0.3 is 0 Å².